The summed E-state index contributed by atoms with van der Waals surface area (Å²) in [7, 11) is 0. The minimum atomic E-state index is -4.76. The topological polar surface area (TPSA) is 38.8 Å². The van der Waals surface area contributed by atoms with Crippen molar-refractivity contribution in [3.05, 3.63) is 65.2 Å². The fourth-order valence-electron chi connectivity index (χ4n) is 2.65. The van der Waals surface area contributed by atoms with E-state index < -0.39 is 43.0 Å². The van der Waals surface area contributed by atoms with Crippen LogP contribution in [0.15, 0.2) is 54.1 Å². The van der Waals surface area contributed by atoms with Crippen molar-refractivity contribution in [2.45, 2.75) is 19.3 Å². The monoisotopic (exact) mass is 471 g/mol. The zero-order chi connectivity index (χ0) is 24.6. The Morgan fingerprint density at radius 1 is 0.970 bits per heavy atom. The summed E-state index contributed by atoms with van der Waals surface area (Å²) in [5.41, 5.74) is 1.40. The molecule has 0 saturated carbocycles. The first-order valence-corrected chi connectivity index (χ1v) is 9.41. The SMILES string of the molecule is C#CN(C/C(C)=C/c1ccccc1)C(=O)c1ccc(OCC(F)(F)F)c(OCC(F)(F)F)c1. The van der Waals surface area contributed by atoms with Gasteiger partial charge in [0.15, 0.2) is 24.7 Å². The van der Waals surface area contributed by atoms with Crippen LogP contribution in [0.2, 0.25) is 0 Å². The van der Waals surface area contributed by atoms with Crippen LogP contribution in [0, 0.1) is 12.5 Å². The minimum Gasteiger partial charge on any atom is -0.480 e. The number of terminal acetylenes is 1. The number of alkyl halides is 6. The molecule has 0 unspecified atom stereocenters. The van der Waals surface area contributed by atoms with Gasteiger partial charge in [-0.05, 0) is 30.7 Å². The molecule has 0 aliphatic heterocycles. The summed E-state index contributed by atoms with van der Waals surface area (Å²) in [4.78, 5) is 13.8. The lowest BCUT2D eigenvalue weighted by atomic mass is 10.1. The second-order valence-electron chi connectivity index (χ2n) is 6.89. The Morgan fingerprint density at radius 2 is 1.55 bits per heavy atom. The average Bonchev–Trinajstić information content (AvgIpc) is 2.74. The van der Waals surface area contributed by atoms with Crippen LogP contribution in [-0.2, 0) is 0 Å². The third-order valence-corrected chi connectivity index (χ3v) is 3.99. The Bertz CT molecular complexity index is 1020. The smallest absolute Gasteiger partial charge is 0.422 e. The molecule has 0 atom stereocenters. The van der Waals surface area contributed by atoms with Crippen LogP contribution in [0.3, 0.4) is 0 Å². The number of benzene rings is 2. The summed E-state index contributed by atoms with van der Waals surface area (Å²) < 4.78 is 84.1. The standard InChI is InChI=1S/C23H19F6NO3/c1-3-30(13-16(2)11-17-7-5-4-6-8-17)21(31)18-9-10-19(32-14-22(24,25)26)20(12-18)33-15-23(27,28)29/h1,4-12H,13-15H2,2H3/b16-11+. The second-order valence-corrected chi connectivity index (χ2v) is 6.89. The molecule has 4 nitrogen and oxygen atoms in total. The highest BCUT2D eigenvalue weighted by Crippen LogP contribution is 2.32. The molecule has 0 N–H and O–H groups in total. The van der Waals surface area contributed by atoms with Crippen molar-refractivity contribution in [2.24, 2.45) is 0 Å². The van der Waals surface area contributed by atoms with E-state index >= 15 is 0 Å². The molecule has 2 rings (SSSR count). The molecule has 0 bridgehead atoms. The first-order chi connectivity index (χ1) is 15.4. The van der Waals surface area contributed by atoms with Gasteiger partial charge in [0.05, 0.1) is 6.54 Å². The van der Waals surface area contributed by atoms with Gasteiger partial charge in [-0.15, -0.1) is 0 Å². The number of nitrogens with zero attached hydrogens (tertiary/aromatic N) is 1. The molecule has 0 heterocycles. The molecule has 10 heteroatoms. The van der Waals surface area contributed by atoms with E-state index in [1.54, 1.807) is 13.0 Å². The van der Waals surface area contributed by atoms with Crippen molar-refractivity contribution in [3.63, 3.8) is 0 Å². The number of halogens is 6. The summed E-state index contributed by atoms with van der Waals surface area (Å²) in [6.45, 7) is -1.79. The lowest BCUT2D eigenvalue weighted by Crippen LogP contribution is -2.28. The van der Waals surface area contributed by atoms with Crippen molar-refractivity contribution in [1.29, 1.82) is 0 Å². The van der Waals surface area contributed by atoms with E-state index in [-0.39, 0.29) is 12.1 Å². The summed E-state index contributed by atoms with van der Waals surface area (Å²) in [6, 6.07) is 14.2. The molecule has 2 aromatic rings. The summed E-state index contributed by atoms with van der Waals surface area (Å²) in [5, 5.41) is 0. The zero-order valence-corrected chi connectivity index (χ0v) is 17.3. The van der Waals surface area contributed by atoms with E-state index in [0.717, 1.165) is 28.7 Å². The molecule has 1 amide bonds. The fourth-order valence-corrected chi connectivity index (χ4v) is 2.65. The number of ether oxygens (including phenoxy) is 2. The lowest BCUT2D eigenvalue weighted by Gasteiger charge is -2.19. The second kappa shape index (κ2) is 10.8. The summed E-state index contributed by atoms with van der Waals surface area (Å²) in [5.74, 6) is -2.02. The lowest BCUT2D eigenvalue weighted by molar-refractivity contribution is -0.158. The maximum Gasteiger partial charge on any atom is 0.422 e. The van der Waals surface area contributed by atoms with Crippen molar-refractivity contribution in [3.8, 4) is 24.0 Å². The number of hydrogen-bond acceptors (Lipinski definition) is 3. The zero-order valence-electron chi connectivity index (χ0n) is 17.3. The molecular formula is C23H19F6NO3. The average molecular weight is 471 g/mol. The molecule has 176 valence electrons. The first-order valence-electron chi connectivity index (χ1n) is 9.41. The number of carbonyl (C=O) groups excluding carboxylic acids is 1. The highest BCUT2D eigenvalue weighted by atomic mass is 19.4. The van der Waals surface area contributed by atoms with Crippen LogP contribution in [0.4, 0.5) is 26.3 Å². The van der Waals surface area contributed by atoms with Gasteiger partial charge in [0, 0.05) is 11.6 Å². The van der Waals surface area contributed by atoms with Gasteiger partial charge in [0.2, 0.25) is 0 Å². The van der Waals surface area contributed by atoms with Crippen molar-refractivity contribution < 1.29 is 40.6 Å². The van der Waals surface area contributed by atoms with Gasteiger partial charge < -0.3 is 9.47 Å². The number of hydrogen-bond donors (Lipinski definition) is 0. The molecule has 0 aliphatic rings. The predicted molar refractivity (Wildman–Crippen MR) is 110 cm³/mol. The highest BCUT2D eigenvalue weighted by molar-refractivity contribution is 5.96. The van der Waals surface area contributed by atoms with E-state index in [1.165, 1.54) is 0 Å². The Morgan fingerprint density at radius 3 is 2.09 bits per heavy atom. The first kappa shape index (κ1) is 25.6. The fraction of sp³-hybridized carbons (Fsp3) is 0.261. The van der Waals surface area contributed by atoms with Crippen molar-refractivity contribution in [2.75, 3.05) is 19.8 Å². The molecule has 0 saturated heterocycles. The molecule has 2 aromatic carbocycles. The quantitative estimate of drug-likeness (QED) is 0.282. The number of rotatable bonds is 8. The van der Waals surface area contributed by atoms with Gasteiger partial charge in [0.25, 0.3) is 5.91 Å². The summed E-state index contributed by atoms with van der Waals surface area (Å²) in [6.07, 6.45) is -2.26. The van der Waals surface area contributed by atoms with Crippen molar-refractivity contribution >= 4 is 12.0 Å². The molecule has 33 heavy (non-hydrogen) atoms. The van der Waals surface area contributed by atoms with Crippen LogP contribution in [0.5, 0.6) is 11.5 Å². The Balaban J connectivity index is 2.25. The Hall–Kier alpha value is -3.61. The van der Waals surface area contributed by atoms with E-state index in [2.05, 4.69) is 15.5 Å². The van der Waals surface area contributed by atoms with E-state index in [4.69, 9.17) is 6.42 Å². The minimum absolute atomic E-state index is 0.00922. The Labute approximate surface area is 186 Å². The van der Waals surface area contributed by atoms with Gasteiger partial charge in [0.1, 0.15) is 0 Å². The molecule has 0 spiro atoms. The number of carbonyl (C=O) groups is 1. The summed E-state index contributed by atoms with van der Waals surface area (Å²) >= 11 is 0. The van der Waals surface area contributed by atoms with Gasteiger partial charge in [-0.25, -0.2) is 0 Å². The van der Waals surface area contributed by atoms with Crippen LogP contribution in [0.25, 0.3) is 6.08 Å². The van der Waals surface area contributed by atoms with E-state index in [0.29, 0.717) is 5.57 Å². The van der Waals surface area contributed by atoms with Gasteiger partial charge in [-0.2, -0.15) is 26.3 Å². The van der Waals surface area contributed by atoms with E-state index in [9.17, 15) is 31.1 Å². The molecule has 0 fully saturated rings. The van der Waals surface area contributed by atoms with Crippen LogP contribution < -0.4 is 9.47 Å². The number of amides is 1. The van der Waals surface area contributed by atoms with Crippen LogP contribution >= 0.6 is 0 Å². The van der Waals surface area contributed by atoms with Gasteiger partial charge >= 0.3 is 12.4 Å². The highest BCUT2D eigenvalue weighted by Gasteiger charge is 2.31. The van der Waals surface area contributed by atoms with Gasteiger partial charge in [-0.3, -0.25) is 9.69 Å². The van der Waals surface area contributed by atoms with Gasteiger partial charge in [-0.1, -0.05) is 48.4 Å². The normalized spacial score (nSPS) is 12.1. The maximum atomic E-state index is 12.8. The molecular weight excluding hydrogens is 452 g/mol. The van der Waals surface area contributed by atoms with E-state index in [1.807, 2.05) is 30.3 Å². The Kier molecular flexibility index (Phi) is 8.40. The van der Waals surface area contributed by atoms with Crippen LogP contribution in [0.1, 0.15) is 22.8 Å². The largest absolute Gasteiger partial charge is 0.480 e. The molecule has 0 aromatic heterocycles. The third-order valence-electron chi connectivity index (χ3n) is 3.99. The van der Waals surface area contributed by atoms with Crippen LogP contribution in [-0.4, -0.2) is 42.9 Å². The predicted octanol–water partition coefficient (Wildman–Crippen LogP) is 5.71. The maximum absolute atomic E-state index is 12.8. The third kappa shape index (κ3) is 8.80. The van der Waals surface area contributed by atoms with Crippen molar-refractivity contribution in [1.82, 2.24) is 4.90 Å². The molecule has 0 aliphatic carbocycles. The molecule has 0 radical (unpaired) electrons.